The molecule has 2 heterocycles. The number of nitriles is 1. The molecule has 1 aromatic heterocycles. The zero-order valence-corrected chi connectivity index (χ0v) is 12.8. The highest BCUT2D eigenvalue weighted by molar-refractivity contribution is 6.00. The maximum absolute atomic E-state index is 12.7. The van der Waals surface area contributed by atoms with Crippen LogP contribution in [0.5, 0.6) is 0 Å². The van der Waals surface area contributed by atoms with Gasteiger partial charge in [-0.25, -0.2) is 4.98 Å². The number of carbonyl (C=O) groups excluding carboxylic acids is 1. The first kappa shape index (κ1) is 13.6. The fourth-order valence-electron chi connectivity index (χ4n) is 4.04. The second kappa shape index (κ2) is 4.70. The van der Waals surface area contributed by atoms with Gasteiger partial charge in [0, 0.05) is 24.8 Å². The molecule has 5 nitrogen and oxygen atoms in total. The molecular weight excluding hydrogens is 276 g/mol. The largest absolute Gasteiger partial charge is 0.370 e. The van der Waals surface area contributed by atoms with E-state index in [-0.39, 0.29) is 11.4 Å². The van der Waals surface area contributed by atoms with Gasteiger partial charge in [0.1, 0.15) is 11.8 Å². The summed E-state index contributed by atoms with van der Waals surface area (Å²) in [5.74, 6) is 1.41. The van der Waals surface area contributed by atoms with Crippen molar-refractivity contribution in [2.24, 2.45) is 11.8 Å². The minimum atomic E-state index is -0.0373. The summed E-state index contributed by atoms with van der Waals surface area (Å²) in [6.07, 6.45) is 6.06. The number of hydrogen-bond donors (Lipinski definition) is 1. The Bertz CT molecular complexity index is 661. The number of aromatic nitrogens is 1. The molecule has 3 aliphatic carbocycles. The SMILES string of the molecule is C[C@@H]1CCN(c2cc(C#N)ncc2C(=O)NC23CC(C2)C3)C1. The lowest BCUT2D eigenvalue weighted by molar-refractivity contribution is -0.0438. The van der Waals surface area contributed by atoms with E-state index in [2.05, 4.69) is 28.2 Å². The van der Waals surface area contributed by atoms with E-state index in [1.54, 1.807) is 12.3 Å². The highest BCUT2D eigenvalue weighted by atomic mass is 16.1. The molecule has 22 heavy (non-hydrogen) atoms. The molecule has 1 atom stereocenters. The lowest BCUT2D eigenvalue weighted by atomic mass is 9.50. The van der Waals surface area contributed by atoms with Crippen molar-refractivity contribution in [3.8, 4) is 6.07 Å². The van der Waals surface area contributed by atoms with Crippen LogP contribution in [0, 0.1) is 23.2 Å². The molecule has 5 heteroatoms. The molecule has 1 N–H and O–H groups in total. The first-order valence-electron chi connectivity index (χ1n) is 8.06. The van der Waals surface area contributed by atoms with Gasteiger partial charge in [-0.3, -0.25) is 4.79 Å². The molecule has 2 bridgehead atoms. The van der Waals surface area contributed by atoms with Crippen LogP contribution in [-0.4, -0.2) is 29.5 Å². The third-order valence-corrected chi connectivity index (χ3v) is 5.42. The van der Waals surface area contributed by atoms with Crippen molar-refractivity contribution < 1.29 is 4.79 Å². The second-order valence-corrected chi connectivity index (χ2v) is 7.25. The van der Waals surface area contributed by atoms with Crippen LogP contribution in [0.1, 0.15) is 48.7 Å². The van der Waals surface area contributed by atoms with Gasteiger partial charge in [-0.1, -0.05) is 6.92 Å². The zero-order valence-electron chi connectivity index (χ0n) is 12.8. The average Bonchev–Trinajstić information content (AvgIpc) is 2.87. The van der Waals surface area contributed by atoms with Gasteiger partial charge in [-0.15, -0.1) is 0 Å². The Morgan fingerprint density at radius 1 is 1.50 bits per heavy atom. The quantitative estimate of drug-likeness (QED) is 0.927. The van der Waals surface area contributed by atoms with Crippen LogP contribution >= 0.6 is 0 Å². The van der Waals surface area contributed by atoms with E-state index in [4.69, 9.17) is 5.26 Å². The van der Waals surface area contributed by atoms with E-state index in [1.807, 2.05) is 0 Å². The van der Waals surface area contributed by atoms with Gasteiger partial charge in [0.2, 0.25) is 0 Å². The molecule has 4 fully saturated rings. The van der Waals surface area contributed by atoms with Crippen molar-refractivity contribution in [1.29, 1.82) is 5.26 Å². The van der Waals surface area contributed by atoms with Gasteiger partial charge in [-0.05, 0) is 43.6 Å². The predicted octanol–water partition coefficient (Wildman–Crippen LogP) is 2.08. The molecule has 3 saturated carbocycles. The summed E-state index contributed by atoms with van der Waals surface area (Å²) in [4.78, 5) is 19.0. The summed E-state index contributed by atoms with van der Waals surface area (Å²) < 4.78 is 0. The molecule has 1 saturated heterocycles. The third-order valence-electron chi connectivity index (χ3n) is 5.42. The number of carbonyl (C=O) groups is 1. The Morgan fingerprint density at radius 3 is 2.82 bits per heavy atom. The second-order valence-electron chi connectivity index (χ2n) is 7.25. The number of anilines is 1. The van der Waals surface area contributed by atoms with Gasteiger partial charge in [0.15, 0.2) is 0 Å². The number of pyridine rings is 1. The Balaban J connectivity index is 1.62. The molecule has 1 aliphatic heterocycles. The van der Waals surface area contributed by atoms with Crippen LogP contribution in [0.15, 0.2) is 12.3 Å². The van der Waals surface area contributed by atoms with Crippen molar-refractivity contribution >= 4 is 11.6 Å². The lowest BCUT2D eigenvalue weighted by Crippen LogP contribution is -2.68. The minimum absolute atomic E-state index is 0.0373. The minimum Gasteiger partial charge on any atom is -0.370 e. The first-order valence-corrected chi connectivity index (χ1v) is 8.06. The fourth-order valence-corrected chi connectivity index (χ4v) is 4.04. The van der Waals surface area contributed by atoms with Crippen LogP contribution in [0.2, 0.25) is 0 Å². The molecule has 5 rings (SSSR count). The van der Waals surface area contributed by atoms with Crippen LogP contribution in [-0.2, 0) is 0 Å². The highest BCUT2D eigenvalue weighted by Crippen LogP contribution is 2.57. The van der Waals surface area contributed by atoms with E-state index in [9.17, 15) is 4.79 Å². The molecule has 0 aromatic carbocycles. The van der Waals surface area contributed by atoms with Crippen molar-refractivity contribution in [2.45, 2.75) is 38.1 Å². The number of hydrogen-bond acceptors (Lipinski definition) is 4. The average molecular weight is 296 g/mol. The summed E-state index contributed by atoms with van der Waals surface area (Å²) in [7, 11) is 0. The summed E-state index contributed by atoms with van der Waals surface area (Å²) in [6.45, 7) is 4.08. The van der Waals surface area contributed by atoms with E-state index in [1.165, 1.54) is 0 Å². The normalized spacial score (nSPS) is 31.9. The number of amides is 1. The van der Waals surface area contributed by atoms with Gasteiger partial charge >= 0.3 is 0 Å². The molecule has 0 radical (unpaired) electrons. The van der Waals surface area contributed by atoms with Crippen molar-refractivity contribution in [3.05, 3.63) is 23.5 Å². The summed E-state index contributed by atoms with van der Waals surface area (Å²) in [5, 5.41) is 12.3. The molecule has 4 aliphatic rings. The third kappa shape index (κ3) is 2.06. The smallest absolute Gasteiger partial charge is 0.255 e. The molecule has 114 valence electrons. The highest BCUT2D eigenvalue weighted by Gasteiger charge is 2.57. The topological polar surface area (TPSA) is 69.0 Å². The predicted molar refractivity (Wildman–Crippen MR) is 82.5 cm³/mol. The molecule has 1 amide bonds. The van der Waals surface area contributed by atoms with Crippen LogP contribution in [0.25, 0.3) is 0 Å². The Hall–Kier alpha value is -2.09. The number of rotatable bonds is 3. The number of nitrogens with one attached hydrogen (secondary N) is 1. The van der Waals surface area contributed by atoms with Crippen LogP contribution in [0.4, 0.5) is 5.69 Å². The summed E-state index contributed by atoms with van der Waals surface area (Å²) in [6, 6.07) is 3.84. The zero-order chi connectivity index (χ0) is 15.3. The Morgan fingerprint density at radius 2 is 2.27 bits per heavy atom. The molecule has 0 unspecified atom stereocenters. The molecule has 1 aromatic rings. The van der Waals surface area contributed by atoms with E-state index >= 15 is 0 Å². The van der Waals surface area contributed by atoms with Crippen LogP contribution in [0.3, 0.4) is 0 Å². The summed E-state index contributed by atoms with van der Waals surface area (Å²) >= 11 is 0. The van der Waals surface area contributed by atoms with Crippen molar-refractivity contribution in [1.82, 2.24) is 10.3 Å². The van der Waals surface area contributed by atoms with E-state index < -0.39 is 0 Å². The van der Waals surface area contributed by atoms with Crippen molar-refractivity contribution in [3.63, 3.8) is 0 Å². The van der Waals surface area contributed by atoms with Gasteiger partial charge in [-0.2, -0.15) is 5.26 Å². The van der Waals surface area contributed by atoms with Crippen LogP contribution < -0.4 is 10.2 Å². The molecule has 0 spiro atoms. The Labute approximate surface area is 130 Å². The first-order chi connectivity index (χ1) is 10.6. The summed E-state index contributed by atoms with van der Waals surface area (Å²) in [5.41, 5.74) is 1.90. The van der Waals surface area contributed by atoms with E-state index in [0.29, 0.717) is 17.2 Å². The fraction of sp³-hybridized carbons (Fsp3) is 0.588. The monoisotopic (exact) mass is 296 g/mol. The van der Waals surface area contributed by atoms with Gasteiger partial charge < -0.3 is 10.2 Å². The standard InChI is InChI=1S/C17H20N4O/c1-11-2-3-21(10-11)15-4-13(8-18)19-9-14(15)16(22)20-17-5-12(6-17)7-17/h4,9,11-12H,2-3,5-7,10H2,1H3,(H,20,22)/t11-,12?,17?/m1/s1. The Kier molecular flexibility index (Phi) is 2.90. The van der Waals surface area contributed by atoms with Gasteiger partial charge in [0.05, 0.1) is 11.3 Å². The molecular formula is C17H20N4O. The van der Waals surface area contributed by atoms with E-state index in [0.717, 1.165) is 50.4 Å². The maximum Gasteiger partial charge on any atom is 0.255 e. The lowest BCUT2D eigenvalue weighted by Gasteiger charge is -2.61. The van der Waals surface area contributed by atoms with Gasteiger partial charge in [0.25, 0.3) is 5.91 Å². The van der Waals surface area contributed by atoms with Crippen molar-refractivity contribution in [2.75, 3.05) is 18.0 Å². The maximum atomic E-state index is 12.7. The number of nitrogens with zero attached hydrogens (tertiary/aromatic N) is 3.